The van der Waals surface area contributed by atoms with Gasteiger partial charge in [-0.3, -0.25) is 4.98 Å². The van der Waals surface area contributed by atoms with Gasteiger partial charge in [0.25, 0.3) is 0 Å². The molecule has 0 bridgehead atoms. The average molecular weight is 821 g/mol. The summed E-state index contributed by atoms with van der Waals surface area (Å²) in [6, 6.07) is 43.9. The van der Waals surface area contributed by atoms with Crippen LogP contribution in [0.15, 0.2) is 120 Å². The molecule has 4 heterocycles. The number of pyridine rings is 2. The second-order valence-electron chi connectivity index (χ2n) is 13.0. The van der Waals surface area contributed by atoms with E-state index in [0.29, 0.717) is 5.71 Å². The van der Waals surface area contributed by atoms with Gasteiger partial charge in [-0.25, -0.2) is 4.98 Å². The molecule has 0 aliphatic rings. The summed E-state index contributed by atoms with van der Waals surface area (Å²) in [5.74, 6) is 0.849. The maximum atomic E-state index is 6.22. The summed E-state index contributed by atoms with van der Waals surface area (Å²) in [7, 11) is -1.24. The number of benzene rings is 4. The van der Waals surface area contributed by atoms with Crippen molar-refractivity contribution < 1.29 is 24.5 Å². The Morgan fingerprint density at radius 3 is 2.29 bits per heavy atom. The van der Waals surface area contributed by atoms with E-state index in [4.69, 9.17) is 9.40 Å². The smallest absolute Gasteiger partial charge is 0.216 e. The summed E-state index contributed by atoms with van der Waals surface area (Å²) in [6.45, 7) is 11.8. The normalized spacial score (nSPS) is 11.4. The minimum Gasteiger partial charge on any atom is -0.486 e. The zero-order chi connectivity index (χ0) is 32.5. The van der Waals surface area contributed by atoms with Gasteiger partial charge in [-0.1, -0.05) is 92.1 Å². The number of hydrogen-bond acceptors (Lipinski definition) is 4. The molecule has 0 aliphatic heterocycles. The molecule has 0 spiro atoms. The number of para-hydroxylation sites is 2. The van der Waals surface area contributed by atoms with Crippen LogP contribution in [-0.2, 0) is 26.7 Å². The monoisotopic (exact) mass is 821 g/mol. The minimum absolute atomic E-state index is 0. The van der Waals surface area contributed by atoms with Crippen LogP contribution in [0, 0.1) is 26.0 Å². The first-order chi connectivity index (χ1) is 22.7. The van der Waals surface area contributed by atoms with Gasteiger partial charge in [0.15, 0.2) is 0 Å². The molecule has 48 heavy (non-hydrogen) atoms. The van der Waals surface area contributed by atoms with Crippen LogP contribution in [0.3, 0.4) is 0 Å². The predicted molar refractivity (Wildman–Crippen MR) is 196 cm³/mol. The zero-order valence-corrected chi connectivity index (χ0v) is 31.1. The number of fused-ring (bicyclic) bond motifs is 4. The molecule has 241 valence electrons. The quantitative estimate of drug-likeness (QED) is 0.128. The van der Waals surface area contributed by atoms with Crippen molar-refractivity contribution in [3.05, 3.63) is 144 Å². The van der Waals surface area contributed by atoms with E-state index in [2.05, 4.69) is 114 Å². The van der Waals surface area contributed by atoms with Crippen molar-refractivity contribution in [2.45, 2.75) is 40.0 Å². The van der Waals surface area contributed by atoms with Crippen LogP contribution >= 0.6 is 0 Å². The molecule has 0 atom stereocenters. The molecule has 1 radical (unpaired) electrons. The molecular formula is C41H36IrN4OSi-2. The Morgan fingerprint density at radius 1 is 0.771 bits per heavy atom. The summed E-state index contributed by atoms with van der Waals surface area (Å²) < 4.78 is 8.46. The van der Waals surface area contributed by atoms with Crippen LogP contribution in [0.5, 0.6) is 0 Å². The molecule has 0 unspecified atom stereocenters. The minimum atomic E-state index is -1.24. The van der Waals surface area contributed by atoms with Crippen molar-refractivity contribution in [2.24, 2.45) is 0 Å². The van der Waals surface area contributed by atoms with Gasteiger partial charge >= 0.3 is 0 Å². The van der Waals surface area contributed by atoms with Crippen LogP contribution in [0.2, 0.25) is 19.6 Å². The van der Waals surface area contributed by atoms with Crippen LogP contribution in [-0.4, -0.2) is 27.6 Å². The third-order valence-corrected chi connectivity index (χ3v) is 10.4. The fourth-order valence-electron chi connectivity index (χ4n) is 5.73. The molecular weight excluding hydrogens is 785 g/mol. The van der Waals surface area contributed by atoms with Gasteiger partial charge in [-0.15, -0.1) is 53.6 Å². The predicted octanol–water partition coefficient (Wildman–Crippen LogP) is 9.55. The molecule has 4 aromatic heterocycles. The molecule has 0 amide bonds. The zero-order valence-electron chi connectivity index (χ0n) is 27.7. The number of furan rings is 1. The molecule has 4 aromatic carbocycles. The van der Waals surface area contributed by atoms with E-state index in [1.54, 1.807) is 0 Å². The third-order valence-electron chi connectivity index (χ3n) is 8.37. The van der Waals surface area contributed by atoms with Crippen LogP contribution in [0.1, 0.15) is 16.8 Å². The van der Waals surface area contributed by atoms with Crippen LogP contribution < -0.4 is 5.19 Å². The molecule has 8 rings (SSSR count). The van der Waals surface area contributed by atoms with E-state index in [9.17, 15) is 0 Å². The Morgan fingerprint density at radius 2 is 1.56 bits per heavy atom. The molecule has 0 N–H and O–H groups in total. The van der Waals surface area contributed by atoms with Crippen molar-refractivity contribution in [3.63, 3.8) is 0 Å². The Bertz CT molecular complexity index is 2320. The number of rotatable bonds is 5. The summed E-state index contributed by atoms with van der Waals surface area (Å²) in [5.41, 5.74) is 9.78. The Kier molecular flexibility index (Phi) is 9.56. The SMILES string of the molecule is Cc1c[c-]c(-c2ccc([Si](C)(C)C)cn2)cc1.Cc1ccc2c(n1)oc1c(-c3nc4ccccc4n3Cc3ccccc3)[c-]ccc12.[Ir]. The Labute approximate surface area is 296 Å². The van der Waals surface area contributed by atoms with E-state index >= 15 is 0 Å². The van der Waals surface area contributed by atoms with Crippen molar-refractivity contribution >= 4 is 46.4 Å². The van der Waals surface area contributed by atoms with Crippen molar-refractivity contribution in [1.82, 2.24) is 19.5 Å². The molecule has 8 aromatic rings. The van der Waals surface area contributed by atoms with Crippen molar-refractivity contribution in [1.29, 1.82) is 0 Å². The molecule has 0 aliphatic carbocycles. The largest absolute Gasteiger partial charge is 0.486 e. The molecule has 0 saturated carbocycles. The van der Waals surface area contributed by atoms with Gasteiger partial charge in [-0.2, -0.15) is 0 Å². The maximum absolute atomic E-state index is 6.22. The first kappa shape index (κ1) is 33.2. The van der Waals surface area contributed by atoms with Gasteiger partial charge in [0.2, 0.25) is 5.71 Å². The Balaban J connectivity index is 0.000000191. The molecule has 5 nitrogen and oxygen atoms in total. The number of imidazole rings is 1. The first-order valence-corrected chi connectivity index (χ1v) is 19.4. The number of aromatic nitrogens is 4. The van der Waals surface area contributed by atoms with E-state index in [1.807, 2.05) is 61.7 Å². The second kappa shape index (κ2) is 13.8. The summed E-state index contributed by atoms with van der Waals surface area (Å²) >= 11 is 0. The average Bonchev–Trinajstić information content (AvgIpc) is 3.63. The number of nitrogens with zero attached hydrogens (tertiary/aromatic N) is 4. The fourth-order valence-corrected chi connectivity index (χ4v) is 6.77. The fraction of sp³-hybridized carbons (Fsp3) is 0.146. The number of aryl methyl sites for hydroxylation is 2. The third kappa shape index (κ3) is 6.81. The maximum Gasteiger partial charge on any atom is 0.216 e. The van der Waals surface area contributed by atoms with Gasteiger partial charge in [0.1, 0.15) is 0 Å². The Hall–Kier alpha value is -4.68. The first-order valence-electron chi connectivity index (χ1n) is 15.9. The summed E-state index contributed by atoms with van der Waals surface area (Å²) in [6.07, 6.45) is 2.02. The van der Waals surface area contributed by atoms with Gasteiger partial charge < -0.3 is 14.0 Å². The summed E-state index contributed by atoms with van der Waals surface area (Å²) in [4.78, 5) is 14.1. The van der Waals surface area contributed by atoms with Gasteiger partial charge in [-0.05, 0) is 47.6 Å². The topological polar surface area (TPSA) is 56.7 Å². The van der Waals surface area contributed by atoms with Crippen LogP contribution in [0.4, 0.5) is 0 Å². The standard InChI is InChI=1S/C26H18N3O.C15H18NSi.Ir/c1-17-14-15-20-19-10-7-11-21(24(19)30-26(20)27-17)25-28-22-12-5-6-13-23(22)29(25)16-18-8-3-2-4-9-18;1-12-5-7-13(8-6-12)15-10-9-14(11-16-15)17(2,3)4;/h2-10,12-15H,16H2,1H3;5-7,9-11H,1-4H3;/q2*-1;. The molecule has 7 heteroatoms. The van der Waals surface area contributed by atoms with E-state index in [1.165, 1.54) is 16.3 Å². The van der Waals surface area contributed by atoms with Crippen molar-refractivity contribution in [2.75, 3.05) is 0 Å². The van der Waals surface area contributed by atoms with E-state index in [0.717, 1.165) is 62.3 Å². The van der Waals surface area contributed by atoms with Gasteiger partial charge in [0.05, 0.1) is 30.5 Å². The van der Waals surface area contributed by atoms with Gasteiger partial charge in [0, 0.05) is 43.9 Å². The van der Waals surface area contributed by atoms with Crippen molar-refractivity contribution in [3.8, 4) is 22.6 Å². The van der Waals surface area contributed by atoms with E-state index < -0.39 is 8.07 Å². The van der Waals surface area contributed by atoms with Crippen LogP contribution in [0.25, 0.3) is 55.7 Å². The molecule has 0 fully saturated rings. The van der Waals surface area contributed by atoms with E-state index in [-0.39, 0.29) is 20.1 Å². The summed E-state index contributed by atoms with van der Waals surface area (Å²) in [5, 5.41) is 3.44. The second-order valence-corrected chi connectivity index (χ2v) is 18.0. The molecule has 0 saturated heterocycles. The number of hydrogen-bond donors (Lipinski definition) is 0.